The van der Waals surface area contributed by atoms with Crippen molar-refractivity contribution in [3.8, 4) is 5.75 Å². The van der Waals surface area contributed by atoms with E-state index in [2.05, 4.69) is 0 Å². The lowest BCUT2D eigenvalue weighted by molar-refractivity contribution is -0.385. The van der Waals surface area contributed by atoms with Gasteiger partial charge in [-0.1, -0.05) is 0 Å². The number of halogens is 3. The maximum Gasteiger partial charge on any atom is 0.417 e. The number of benzene rings is 1. The van der Waals surface area contributed by atoms with Crippen LogP contribution in [-0.4, -0.2) is 15.8 Å². The fourth-order valence-corrected chi connectivity index (χ4v) is 1.25. The SMILES string of the molecule is CC(=O)c1cc([N+](=O)[O-])c(O)cc1C(F)(F)F. The Morgan fingerprint density at radius 3 is 2.29 bits per heavy atom. The minimum Gasteiger partial charge on any atom is -0.502 e. The molecule has 0 radical (unpaired) electrons. The number of phenolic OH excluding ortho intramolecular Hbond substituents is 1. The number of Topliss-reactive ketones (excluding diaryl/α,β-unsaturated/α-hetero) is 1. The smallest absolute Gasteiger partial charge is 0.417 e. The number of hydrogen-bond acceptors (Lipinski definition) is 4. The monoisotopic (exact) mass is 249 g/mol. The van der Waals surface area contributed by atoms with Gasteiger partial charge in [0.05, 0.1) is 10.5 Å². The van der Waals surface area contributed by atoms with E-state index in [0.717, 1.165) is 6.92 Å². The van der Waals surface area contributed by atoms with Gasteiger partial charge in [-0.25, -0.2) is 0 Å². The van der Waals surface area contributed by atoms with Gasteiger partial charge in [-0.15, -0.1) is 0 Å². The van der Waals surface area contributed by atoms with Crippen molar-refractivity contribution >= 4 is 11.5 Å². The Hall–Kier alpha value is -2.12. The first-order valence-corrected chi connectivity index (χ1v) is 4.24. The average Bonchev–Trinajstić information content (AvgIpc) is 2.14. The molecule has 1 rings (SSSR count). The van der Waals surface area contributed by atoms with Crippen LogP contribution >= 0.6 is 0 Å². The largest absolute Gasteiger partial charge is 0.502 e. The molecule has 1 N–H and O–H groups in total. The summed E-state index contributed by atoms with van der Waals surface area (Å²) in [6.07, 6.45) is -4.87. The lowest BCUT2D eigenvalue weighted by Gasteiger charge is -2.11. The molecule has 5 nitrogen and oxygen atoms in total. The van der Waals surface area contributed by atoms with Crippen LogP contribution in [0.15, 0.2) is 12.1 Å². The topological polar surface area (TPSA) is 80.4 Å². The molecule has 1 aromatic rings. The highest BCUT2D eigenvalue weighted by molar-refractivity contribution is 5.96. The van der Waals surface area contributed by atoms with Gasteiger partial charge in [-0.2, -0.15) is 13.2 Å². The van der Waals surface area contributed by atoms with Crippen LogP contribution in [0.3, 0.4) is 0 Å². The number of rotatable bonds is 2. The number of hydrogen-bond donors (Lipinski definition) is 1. The number of ketones is 1. The fraction of sp³-hybridized carbons (Fsp3) is 0.222. The second-order valence-electron chi connectivity index (χ2n) is 3.20. The van der Waals surface area contributed by atoms with E-state index in [1.54, 1.807) is 0 Å². The van der Waals surface area contributed by atoms with Gasteiger partial charge in [0.15, 0.2) is 11.5 Å². The predicted molar refractivity (Wildman–Crippen MR) is 49.8 cm³/mol. The van der Waals surface area contributed by atoms with Crippen molar-refractivity contribution in [1.82, 2.24) is 0 Å². The summed E-state index contributed by atoms with van der Waals surface area (Å²) in [6, 6.07) is 0.593. The van der Waals surface area contributed by atoms with Crippen molar-refractivity contribution in [3.05, 3.63) is 33.4 Å². The van der Waals surface area contributed by atoms with Crippen molar-refractivity contribution in [2.24, 2.45) is 0 Å². The van der Waals surface area contributed by atoms with E-state index in [-0.39, 0.29) is 6.07 Å². The van der Waals surface area contributed by atoms with Gasteiger partial charge in [0.1, 0.15) is 0 Å². The molecule has 8 heteroatoms. The third-order valence-electron chi connectivity index (χ3n) is 2.00. The molecule has 0 saturated carbocycles. The van der Waals surface area contributed by atoms with Crippen molar-refractivity contribution in [2.75, 3.05) is 0 Å². The highest BCUT2D eigenvalue weighted by atomic mass is 19.4. The Morgan fingerprint density at radius 2 is 1.94 bits per heavy atom. The van der Waals surface area contributed by atoms with Gasteiger partial charge in [0, 0.05) is 17.7 Å². The maximum atomic E-state index is 12.5. The molecule has 0 atom stereocenters. The van der Waals surface area contributed by atoms with Gasteiger partial charge in [-0.05, 0) is 6.92 Å². The van der Waals surface area contributed by atoms with E-state index in [1.807, 2.05) is 0 Å². The summed E-state index contributed by atoms with van der Waals surface area (Å²) in [5.74, 6) is -2.10. The number of carbonyl (C=O) groups is 1. The summed E-state index contributed by atoms with van der Waals surface area (Å²) in [7, 11) is 0. The zero-order valence-corrected chi connectivity index (χ0v) is 8.41. The lowest BCUT2D eigenvalue weighted by atomic mass is 10.0. The Bertz CT molecular complexity index is 496. The van der Waals surface area contributed by atoms with Crippen molar-refractivity contribution < 1.29 is 28.0 Å². The number of carbonyl (C=O) groups excluding carboxylic acids is 1. The summed E-state index contributed by atoms with van der Waals surface area (Å²) in [6.45, 7) is 0.853. The molecule has 0 aliphatic heterocycles. The summed E-state index contributed by atoms with van der Waals surface area (Å²) >= 11 is 0. The molecule has 0 fully saturated rings. The van der Waals surface area contributed by atoms with Gasteiger partial charge < -0.3 is 5.11 Å². The predicted octanol–water partition coefficient (Wildman–Crippen LogP) is 2.52. The highest BCUT2D eigenvalue weighted by Crippen LogP contribution is 2.38. The van der Waals surface area contributed by atoms with Gasteiger partial charge in [0.25, 0.3) is 0 Å². The summed E-state index contributed by atoms with van der Waals surface area (Å²) in [4.78, 5) is 20.3. The average molecular weight is 249 g/mol. The number of nitro groups is 1. The fourth-order valence-electron chi connectivity index (χ4n) is 1.25. The molecule has 0 saturated heterocycles. The molecule has 0 heterocycles. The third-order valence-corrected chi connectivity index (χ3v) is 2.00. The molecule has 0 unspecified atom stereocenters. The summed E-state index contributed by atoms with van der Waals surface area (Å²) < 4.78 is 37.5. The van der Waals surface area contributed by atoms with E-state index < -0.39 is 39.4 Å². The Balaban J connectivity index is 3.58. The van der Waals surface area contributed by atoms with Crippen LogP contribution in [0.4, 0.5) is 18.9 Å². The number of nitro benzene ring substituents is 1. The quantitative estimate of drug-likeness (QED) is 0.496. The molecule has 0 bridgehead atoms. The molecule has 0 aliphatic carbocycles. The molecular formula is C9H6F3NO4. The van der Waals surface area contributed by atoms with Crippen molar-refractivity contribution in [2.45, 2.75) is 13.1 Å². The summed E-state index contributed by atoms with van der Waals surface area (Å²) in [5, 5.41) is 19.5. The van der Waals surface area contributed by atoms with Crippen LogP contribution in [-0.2, 0) is 6.18 Å². The number of nitrogens with zero attached hydrogens (tertiary/aromatic N) is 1. The first-order valence-electron chi connectivity index (χ1n) is 4.24. The Morgan fingerprint density at radius 1 is 1.41 bits per heavy atom. The third kappa shape index (κ3) is 2.52. The van der Waals surface area contributed by atoms with E-state index in [0.29, 0.717) is 6.07 Å². The first kappa shape index (κ1) is 12.9. The minimum absolute atomic E-state index is 0.175. The van der Waals surface area contributed by atoms with Crippen LogP contribution < -0.4 is 0 Å². The van der Waals surface area contributed by atoms with Gasteiger partial charge >= 0.3 is 11.9 Å². The Kier molecular flexibility index (Phi) is 3.08. The molecular weight excluding hydrogens is 243 g/mol. The van der Waals surface area contributed by atoms with Crippen LogP contribution in [0, 0.1) is 10.1 Å². The minimum atomic E-state index is -4.87. The molecule has 0 aliphatic rings. The highest BCUT2D eigenvalue weighted by Gasteiger charge is 2.37. The van der Waals surface area contributed by atoms with Gasteiger partial charge in [0.2, 0.25) is 0 Å². The zero-order chi connectivity index (χ0) is 13.4. The molecule has 1 aromatic carbocycles. The normalized spacial score (nSPS) is 11.3. The van der Waals surface area contributed by atoms with Crippen LogP contribution in [0.5, 0.6) is 5.75 Å². The van der Waals surface area contributed by atoms with Gasteiger partial charge in [-0.3, -0.25) is 14.9 Å². The molecule has 0 spiro atoms. The summed E-state index contributed by atoms with van der Waals surface area (Å²) in [5.41, 5.74) is -3.18. The van der Waals surface area contributed by atoms with Crippen LogP contribution in [0.2, 0.25) is 0 Å². The van der Waals surface area contributed by atoms with Crippen molar-refractivity contribution in [3.63, 3.8) is 0 Å². The lowest BCUT2D eigenvalue weighted by Crippen LogP contribution is -2.12. The molecule has 0 amide bonds. The molecule has 17 heavy (non-hydrogen) atoms. The number of alkyl halides is 3. The van der Waals surface area contributed by atoms with E-state index in [9.17, 15) is 28.1 Å². The van der Waals surface area contributed by atoms with Crippen LogP contribution in [0.1, 0.15) is 22.8 Å². The second kappa shape index (κ2) is 4.04. The van der Waals surface area contributed by atoms with E-state index in [4.69, 9.17) is 5.11 Å². The Labute approximate surface area is 92.6 Å². The van der Waals surface area contributed by atoms with Crippen LogP contribution in [0.25, 0.3) is 0 Å². The first-order chi connectivity index (χ1) is 7.64. The standard InChI is InChI=1S/C9H6F3NO4/c1-4(14)5-2-7(13(16)17)8(15)3-6(5)9(10,11)12/h2-3,15H,1H3. The molecule has 92 valence electrons. The maximum absolute atomic E-state index is 12.5. The van der Waals surface area contributed by atoms with E-state index >= 15 is 0 Å². The zero-order valence-electron chi connectivity index (χ0n) is 8.41. The second-order valence-corrected chi connectivity index (χ2v) is 3.20. The van der Waals surface area contributed by atoms with E-state index in [1.165, 1.54) is 0 Å². The molecule has 0 aromatic heterocycles. The number of phenols is 1. The van der Waals surface area contributed by atoms with Crippen molar-refractivity contribution in [1.29, 1.82) is 0 Å². The number of aromatic hydroxyl groups is 1.